The molecule has 1 N–H and O–H groups in total. The molecule has 3 fully saturated rings. The molecule has 0 radical (unpaired) electrons. The van der Waals surface area contributed by atoms with E-state index in [0.717, 1.165) is 58.8 Å². The lowest BCUT2D eigenvalue weighted by atomic mass is 9.82. The average molecular weight is 448 g/mol. The minimum absolute atomic E-state index is 0.0367. The van der Waals surface area contributed by atoms with E-state index in [1.54, 1.807) is 6.26 Å². The van der Waals surface area contributed by atoms with E-state index in [1.807, 2.05) is 17.2 Å². The maximum absolute atomic E-state index is 12.1. The summed E-state index contributed by atoms with van der Waals surface area (Å²) in [5.41, 5.74) is 1.24. The van der Waals surface area contributed by atoms with Crippen LogP contribution in [0.25, 0.3) is 0 Å². The van der Waals surface area contributed by atoms with Crippen molar-refractivity contribution >= 4 is 11.9 Å². The van der Waals surface area contributed by atoms with Crippen LogP contribution in [0.15, 0.2) is 23.0 Å². The van der Waals surface area contributed by atoms with Crippen LogP contribution in [0, 0.1) is 11.3 Å². The largest absolute Gasteiger partial charge is 0.490 e. The highest BCUT2D eigenvalue weighted by Gasteiger charge is 2.50. The normalized spacial score (nSPS) is 25.9. The molecule has 1 aromatic heterocycles. The zero-order valence-corrected chi connectivity index (χ0v) is 17.1. The SMILES string of the molecule is O=C(COC[C@]12COC[C@H]1CN(Cc1ccoc1)C2)N1CCCC1.O=C(O)C(F)(F)F. The second kappa shape index (κ2) is 10.0. The molecule has 0 saturated carbocycles. The van der Waals surface area contributed by atoms with E-state index in [0.29, 0.717) is 12.5 Å². The molecule has 2 atom stereocenters. The van der Waals surface area contributed by atoms with Crippen LogP contribution in [0.4, 0.5) is 13.2 Å². The molecule has 4 rings (SSSR count). The zero-order chi connectivity index (χ0) is 22.5. The molecule has 3 aliphatic rings. The van der Waals surface area contributed by atoms with Crippen molar-refractivity contribution in [1.29, 1.82) is 0 Å². The van der Waals surface area contributed by atoms with Crippen LogP contribution in [-0.4, -0.2) is 85.6 Å². The second-order valence-corrected chi connectivity index (χ2v) is 8.26. The van der Waals surface area contributed by atoms with Gasteiger partial charge in [0, 0.05) is 49.6 Å². The minimum atomic E-state index is -5.08. The van der Waals surface area contributed by atoms with Gasteiger partial charge in [-0.15, -0.1) is 0 Å². The highest BCUT2D eigenvalue weighted by molar-refractivity contribution is 5.77. The van der Waals surface area contributed by atoms with E-state index in [-0.39, 0.29) is 17.9 Å². The van der Waals surface area contributed by atoms with Crippen molar-refractivity contribution in [3.05, 3.63) is 24.2 Å². The number of furan rings is 1. The standard InChI is InChI=1S/C18H26N2O4.C2HF3O2/c21-17(20-4-1-2-5-20)11-24-14-18-12-19(7-15-3-6-22-9-15)8-16(18)10-23-13-18;3-2(4,5)1(6)7/h3,6,9,16H,1-2,4-5,7-8,10-14H2;(H,6,7)/t16-,18+;/m1./s1. The number of rotatable bonds is 6. The summed E-state index contributed by atoms with van der Waals surface area (Å²) in [6, 6.07) is 2.02. The van der Waals surface area contributed by atoms with E-state index in [1.165, 1.54) is 5.56 Å². The molecule has 0 unspecified atom stereocenters. The highest BCUT2D eigenvalue weighted by atomic mass is 19.4. The summed E-state index contributed by atoms with van der Waals surface area (Å²) < 4.78 is 48.5. The number of carbonyl (C=O) groups is 2. The van der Waals surface area contributed by atoms with Crippen molar-refractivity contribution < 1.29 is 41.8 Å². The molecule has 3 aliphatic heterocycles. The lowest BCUT2D eigenvalue weighted by molar-refractivity contribution is -0.192. The Labute approximate surface area is 177 Å². The van der Waals surface area contributed by atoms with Gasteiger partial charge in [0.1, 0.15) is 6.61 Å². The molecule has 0 spiro atoms. The van der Waals surface area contributed by atoms with E-state index in [9.17, 15) is 18.0 Å². The molecule has 0 aliphatic carbocycles. The Morgan fingerprint density at radius 1 is 1.29 bits per heavy atom. The summed E-state index contributed by atoms with van der Waals surface area (Å²) in [5.74, 6) is -2.13. The molecule has 1 amide bonds. The second-order valence-electron chi connectivity index (χ2n) is 8.26. The molecule has 0 bridgehead atoms. The maximum atomic E-state index is 12.1. The van der Waals surface area contributed by atoms with Gasteiger partial charge in [-0.2, -0.15) is 13.2 Å². The highest BCUT2D eigenvalue weighted by Crippen LogP contribution is 2.42. The Hall–Kier alpha value is -2.11. The fourth-order valence-electron chi connectivity index (χ4n) is 4.31. The predicted molar refractivity (Wildman–Crippen MR) is 101 cm³/mol. The number of hydrogen-bond acceptors (Lipinski definition) is 6. The number of aliphatic carboxylic acids is 1. The zero-order valence-electron chi connectivity index (χ0n) is 17.1. The van der Waals surface area contributed by atoms with Crippen molar-refractivity contribution in [2.75, 3.05) is 52.6 Å². The van der Waals surface area contributed by atoms with E-state index < -0.39 is 12.1 Å². The first kappa shape index (κ1) is 23.6. The van der Waals surface area contributed by atoms with Gasteiger partial charge < -0.3 is 23.9 Å². The van der Waals surface area contributed by atoms with Gasteiger partial charge in [0.15, 0.2) is 0 Å². The van der Waals surface area contributed by atoms with Gasteiger partial charge in [0.2, 0.25) is 5.91 Å². The van der Waals surface area contributed by atoms with Crippen molar-refractivity contribution in [3.8, 4) is 0 Å². The first-order valence-corrected chi connectivity index (χ1v) is 10.2. The number of carboxylic acids is 1. The summed E-state index contributed by atoms with van der Waals surface area (Å²) in [5, 5.41) is 7.12. The third kappa shape index (κ3) is 6.20. The van der Waals surface area contributed by atoms with Gasteiger partial charge in [-0.1, -0.05) is 0 Å². The van der Waals surface area contributed by atoms with Crippen LogP contribution >= 0.6 is 0 Å². The smallest absolute Gasteiger partial charge is 0.475 e. The average Bonchev–Trinajstić information content (AvgIpc) is 3.47. The number of hydrogen-bond donors (Lipinski definition) is 1. The van der Waals surface area contributed by atoms with Crippen LogP contribution in [0.5, 0.6) is 0 Å². The Bertz CT molecular complexity index is 736. The van der Waals surface area contributed by atoms with E-state index in [2.05, 4.69) is 4.90 Å². The lowest BCUT2D eigenvalue weighted by Crippen LogP contribution is -2.38. The van der Waals surface area contributed by atoms with Gasteiger partial charge in [-0.05, 0) is 18.9 Å². The number of fused-ring (bicyclic) bond motifs is 1. The third-order valence-corrected chi connectivity index (χ3v) is 5.89. The summed E-state index contributed by atoms with van der Waals surface area (Å²) >= 11 is 0. The Morgan fingerprint density at radius 3 is 2.61 bits per heavy atom. The Morgan fingerprint density at radius 2 is 2.00 bits per heavy atom. The number of carboxylic acid groups (broad SMARTS) is 1. The molecular formula is C20H27F3N2O6. The maximum Gasteiger partial charge on any atom is 0.490 e. The number of amides is 1. The van der Waals surface area contributed by atoms with Gasteiger partial charge in [0.05, 0.1) is 32.3 Å². The van der Waals surface area contributed by atoms with Gasteiger partial charge in [-0.25, -0.2) is 4.79 Å². The number of carbonyl (C=O) groups excluding carboxylic acids is 1. The van der Waals surface area contributed by atoms with Gasteiger partial charge >= 0.3 is 12.1 Å². The first-order valence-electron chi connectivity index (χ1n) is 10.2. The topological polar surface area (TPSA) is 92.5 Å². The first-order chi connectivity index (χ1) is 14.7. The number of ether oxygens (including phenoxy) is 2. The number of nitrogens with zero attached hydrogens (tertiary/aromatic N) is 2. The van der Waals surface area contributed by atoms with Crippen molar-refractivity contribution in [2.24, 2.45) is 11.3 Å². The fourth-order valence-corrected chi connectivity index (χ4v) is 4.31. The van der Waals surface area contributed by atoms with Crippen molar-refractivity contribution in [3.63, 3.8) is 0 Å². The van der Waals surface area contributed by atoms with Crippen molar-refractivity contribution in [1.82, 2.24) is 9.80 Å². The van der Waals surface area contributed by atoms with Crippen LogP contribution < -0.4 is 0 Å². The van der Waals surface area contributed by atoms with Gasteiger partial charge in [-0.3, -0.25) is 9.69 Å². The molecule has 0 aromatic carbocycles. The summed E-state index contributed by atoms with van der Waals surface area (Å²) in [6.45, 7) is 7.00. The predicted octanol–water partition coefficient (Wildman–Crippen LogP) is 2.00. The Kier molecular flexibility index (Phi) is 7.60. The monoisotopic (exact) mass is 448 g/mol. The third-order valence-electron chi connectivity index (χ3n) is 5.89. The Balaban J connectivity index is 0.000000339. The summed E-state index contributed by atoms with van der Waals surface area (Å²) in [4.78, 5) is 25.4. The molecular weight excluding hydrogens is 421 g/mol. The molecule has 3 saturated heterocycles. The van der Waals surface area contributed by atoms with Crippen LogP contribution in [0.3, 0.4) is 0 Å². The lowest BCUT2D eigenvalue weighted by Gasteiger charge is -2.27. The van der Waals surface area contributed by atoms with Crippen molar-refractivity contribution in [2.45, 2.75) is 25.6 Å². The quantitative estimate of drug-likeness (QED) is 0.712. The fraction of sp³-hybridized carbons (Fsp3) is 0.700. The molecule has 1 aromatic rings. The summed E-state index contributed by atoms with van der Waals surface area (Å²) in [6.07, 6.45) is 0.684. The number of halogens is 3. The summed E-state index contributed by atoms with van der Waals surface area (Å²) in [7, 11) is 0. The minimum Gasteiger partial charge on any atom is -0.475 e. The van der Waals surface area contributed by atoms with E-state index in [4.69, 9.17) is 23.8 Å². The number of alkyl halides is 3. The van der Waals surface area contributed by atoms with Crippen LogP contribution in [-0.2, 0) is 25.6 Å². The van der Waals surface area contributed by atoms with Crippen LogP contribution in [0.1, 0.15) is 18.4 Å². The molecule has 174 valence electrons. The van der Waals surface area contributed by atoms with Crippen LogP contribution in [0.2, 0.25) is 0 Å². The van der Waals surface area contributed by atoms with Gasteiger partial charge in [0.25, 0.3) is 0 Å². The molecule has 8 nitrogen and oxygen atoms in total. The molecule has 4 heterocycles. The number of likely N-dealkylation sites (tertiary alicyclic amines) is 2. The molecule has 31 heavy (non-hydrogen) atoms. The molecule has 11 heteroatoms. The van der Waals surface area contributed by atoms with E-state index >= 15 is 0 Å².